The second-order valence-electron chi connectivity index (χ2n) is 5.65. The minimum atomic E-state index is -0.293. The molecule has 4 aromatic rings. The molecule has 0 aliphatic rings. The molecule has 0 unspecified atom stereocenters. The standard InChI is InChI=1S/C18H14FN5OS/c1-12-3-2-4-16(9-12)24-18(21-22-23-24)26-11-15-10-25-17(20-15)13-5-7-14(19)8-6-13/h2-10H,11H2,1H3. The summed E-state index contributed by atoms with van der Waals surface area (Å²) in [5.74, 6) is 0.717. The molecule has 4 rings (SSSR count). The fourth-order valence-electron chi connectivity index (χ4n) is 2.43. The van der Waals surface area contributed by atoms with Gasteiger partial charge in [0.1, 0.15) is 12.1 Å². The largest absolute Gasteiger partial charge is 0.444 e. The van der Waals surface area contributed by atoms with Gasteiger partial charge in [-0.1, -0.05) is 23.9 Å². The molecule has 0 saturated heterocycles. The van der Waals surface area contributed by atoms with Gasteiger partial charge in [0, 0.05) is 11.3 Å². The molecular formula is C18H14FN5OS. The maximum Gasteiger partial charge on any atom is 0.226 e. The number of benzene rings is 2. The summed E-state index contributed by atoms with van der Waals surface area (Å²) in [6, 6.07) is 14.0. The molecule has 8 heteroatoms. The summed E-state index contributed by atoms with van der Waals surface area (Å²) < 4.78 is 20.2. The van der Waals surface area contributed by atoms with E-state index < -0.39 is 0 Å². The Labute approximate surface area is 153 Å². The Hall–Kier alpha value is -3.00. The van der Waals surface area contributed by atoms with Crippen molar-refractivity contribution in [1.29, 1.82) is 0 Å². The summed E-state index contributed by atoms with van der Waals surface area (Å²) in [6.07, 6.45) is 1.59. The summed E-state index contributed by atoms with van der Waals surface area (Å²) in [7, 11) is 0. The number of oxazole rings is 1. The summed E-state index contributed by atoms with van der Waals surface area (Å²) in [6.45, 7) is 2.02. The van der Waals surface area contributed by atoms with Crippen LogP contribution in [-0.4, -0.2) is 25.2 Å². The predicted molar refractivity (Wildman–Crippen MR) is 95.3 cm³/mol. The van der Waals surface area contributed by atoms with Crippen molar-refractivity contribution < 1.29 is 8.81 Å². The SMILES string of the molecule is Cc1cccc(-n2nnnc2SCc2coc(-c3ccc(F)cc3)n2)c1. The van der Waals surface area contributed by atoms with Gasteiger partial charge in [-0.2, -0.15) is 4.68 Å². The van der Waals surface area contributed by atoms with E-state index in [1.807, 2.05) is 31.2 Å². The molecule has 0 N–H and O–H groups in total. The molecule has 0 radical (unpaired) electrons. The molecule has 2 aromatic heterocycles. The summed E-state index contributed by atoms with van der Waals surface area (Å²) >= 11 is 1.46. The molecule has 26 heavy (non-hydrogen) atoms. The van der Waals surface area contributed by atoms with Crippen molar-refractivity contribution in [1.82, 2.24) is 25.2 Å². The number of tetrazole rings is 1. The molecule has 0 aliphatic heterocycles. The highest BCUT2D eigenvalue weighted by Gasteiger charge is 2.12. The van der Waals surface area contributed by atoms with Gasteiger partial charge >= 0.3 is 0 Å². The summed E-state index contributed by atoms with van der Waals surface area (Å²) in [5.41, 5.74) is 3.53. The lowest BCUT2D eigenvalue weighted by Gasteiger charge is -2.04. The topological polar surface area (TPSA) is 69.6 Å². The monoisotopic (exact) mass is 367 g/mol. The van der Waals surface area contributed by atoms with Gasteiger partial charge < -0.3 is 4.42 Å². The Kier molecular flexibility index (Phi) is 4.49. The lowest BCUT2D eigenvalue weighted by molar-refractivity contribution is 0.573. The first-order chi connectivity index (χ1) is 12.7. The smallest absolute Gasteiger partial charge is 0.226 e. The number of aromatic nitrogens is 5. The molecule has 0 amide bonds. The highest BCUT2D eigenvalue weighted by molar-refractivity contribution is 7.98. The van der Waals surface area contributed by atoms with Gasteiger partial charge in [-0.3, -0.25) is 0 Å². The van der Waals surface area contributed by atoms with Crippen LogP contribution < -0.4 is 0 Å². The van der Waals surface area contributed by atoms with Gasteiger partial charge in [0.05, 0.1) is 11.4 Å². The van der Waals surface area contributed by atoms with E-state index in [9.17, 15) is 4.39 Å². The zero-order valence-electron chi connectivity index (χ0n) is 13.8. The molecule has 2 heterocycles. The summed E-state index contributed by atoms with van der Waals surface area (Å²) in [5, 5.41) is 12.6. The predicted octanol–water partition coefficient (Wildman–Crippen LogP) is 4.06. The van der Waals surface area contributed by atoms with Crippen molar-refractivity contribution in [2.24, 2.45) is 0 Å². The molecule has 6 nitrogen and oxygen atoms in total. The first kappa shape index (κ1) is 16.5. The fourth-order valence-corrected chi connectivity index (χ4v) is 3.20. The van der Waals surface area contributed by atoms with Crippen LogP contribution in [0, 0.1) is 12.7 Å². The van der Waals surface area contributed by atoms with Crippen LogP contribution in [0.25, 0.3) is 17.1 Å². The maximum absolute atomic E-state index is 13.0. The molecule has 0 atom stereocenters. The Bertz CT molecular complexity index is 1030. The van der Waals surface area contributed by atoms with Gasteiger partial charge in [-0.05, 0) is 59.3 Å². The van der Waals surface area contributed by atoms with Crippen LogP contribution in [0.4, 0.5) is 4.39 Å². The number of thioether (sulfide) groups is 1. The van der Waals surface area contributed by atoms with Crippen molar-refractivity contribution in [3.05, 3.63) is 71.9 Å². The first-order valence-electron chi connectivity index (χ1n) is 7.87. The molecule has 130 valence electrons. The van der Waals surface area contributed by atoms with Crippen LogP contribution >= 0.6 is 11.8 Å². The number of aryl methyl sites for hydroxylation is 1. The van der Waals surface area contributed by atoms with Crippen molar-refractivity contribution in [3.8, 4) is 17.1 Å². The van der Waals surface area contributed by atoms with Gasteiger partial charge in [0.2, 0.25) is 11.0 Å². The van der Waals surface area contributed by atoms with E-state index in [2.05, 4.69) is 20.5 Å². The maximum atomic E-state index is 13.0. The minimum Gasteiger partial charge on any atom is -0.444 e. The quantitative estimate of drug-likeness (QED) is 0.496. The Morgan fingerprint density at radius 2 is 2.00 bits per heavy atom. The molecule has 0 spiro atoms. The average molecular weight is 367 g/mol. The minimum absolute atomic E-state index is 0.293. The molecule has 0 saturated carbocycles. The van der Waals surface area contributed by atoms with Crippen LogP contribution in [0.3, 0.4) is 0 Å². The van der Waals surface area contributed by atoms with Crippen molar-refractivity contribution in [3.63, 3.8) is 0 Å². The van der Waals surface area contributed by atoms with Crippen LogP contribution in [0.5, 0.6) is 0 Å². The Morgan fingerprint density at radius 3 is 2.81 bits per heavy atom. The zero-order chi connectivity index (χ0) is 17.9. The molecule has 0 fully saturated rings. The molecule has 2 aromatic carbocycles. The van der Waals surface area contributed by atoms with Gasteiger partial charge in [-0.15, -0.1) is 5.10 Å². The third-order valence-corrected chi connectivity index (χ3v) is 4.63. The second kappa shape index (κ2) is 7.09. The van der Waals surface area contributed by atoms with Crippen LogP contribution in [0.15, 0.2) is 64.4 Å². The van der Waals surface area contributed by atoms with E-state index in [0.717, 1.165) is 22.5 Å². The van der Waals surface area contributed by atoms with Gasteiger partial charge in [0.15, 0.2) is 0 Å². The van der Waals surface area contributed by atoms with Crippen molar-refractivity contribution >= 4 is 11.8 Å². The van der Waals surface area contributed by atoms with E-state index in [-0.39, 0.29) is 5.82 Å². The van der Waals surface area contributed by atoms with Crippen molar-refractivity contribution in [2.75, 3.05) is 0 Å². The lowest BCUT2D eigenvalue weighted by atomic mass is 10.2. The molecule has 0 bridgehead atoms. The molecule has 0 aliphatic carbocycles. The third-order valence-electron chi connectivity index (χ3n) is 3.68. The normalized spacial score (nSPS) is 11.0. The highest BCUT2D eigenvalue weighted by atomic mass is 32.2. The highest BCUT2D eigenvalue weighted by Crippen LogP contribution is 2.25. The molecular weight excluding hydrogens is 353 g/mol. The lowest BCUT2D eigenvalue weighted by Crippen LogP contribution is -1.99. The number of hydrogen-bond donors (Lipinski definition) is 0. The van der Waals surface area contributed by atoms with E-state index in [1.165, 1.54) is 23.9 Å². The van der Waals surface area contributed by atoms with E-state index in [1.54, 1.807) is 23.1 Å². The van der Waals surface area contributed by atoms with Gasteiger partial charge in [0.25, 0.3) is 0 Å². The Morgan fingerprint density at radius 1 is 1.15 bits per heavy atom. The van der Waals surface area contributed by atoms with E-state index >= 15 is 0 Å². The zero-order valence-corrected chi connectivity index (χ0v) is 14.7. The van der Waals surface area contributed by atoms with Crippen molar-refractivity contribution in [2.45, 2.75) is 17.8 Å². The second-order valence-corrected chi connectivity index (χ2v) is 6.59. The van der Waals surface area contributed by atoms with Crippen LogP contribution in [-0.2, 0) is 5.75 Å². The van der Waals surface area contributed by atoms with E-state index in [4.69, 9.17) is 4.42 Å². The van der Waals surface area contributed by atoms with Crippen LogP contribution in [0.2, 0.25) is 0 Å². The third kappa shape index (κ3) is 3.50. The first-order valence-corrected chi connectivity index (χ1v) is 8.86. The number of nitrogens with zero attached hydrogens (tertiary/aromatic N) is 5. The Balaban J connectivity index is 1.49. The number of rotatable bonds is 5. The fraction of sp³-hybridized carbons (Fsp3) is 0.111. The van der Waals surface area contributed by atoms with E-state index in [0.29, 0.717) is 16.8 Å². The van der Waals surface area contributed by atoms with Gasteiger partial charge in [-0.25, -0.2) is 9.37 Å². The van der Waals surface area contributed by atoms with Crippen LogP contribution in [0.1, 0.15) is 11.3 Å². The summed E-state index contributed by atoms with van der Waals surface area (Å²) in [4.78, 5) is 4.44. The average Bonchev–Trinajstić information content (AvgIpc) is 3.30. The number of halogens is 1. The number of hydrogen-bond acceptors (Lipinski definition) is 6.